The fourth-order valence-electron chi connectivity index (χ4n) is 2.73. The maximum absolute atomic E-state index is 13.0. The second-order valence-corrected chi connectivity index (χ2v) is 7.79. The number of phenolic OH excluding ortho intramolecular Hbond substituents is 1. The summed E-state index contributed by atoms with van der Waals surface area (Å²) in [6.07, 6.45) is 1.35. The van der Waals surface area contributed by atoms with Crippen molar-refractivity contribution in [3.8, 4) is 17.6 Å². The lowest BCUT2D eigenvalue weighted by Gasteiger charge is -2.21. The van der Waals surface area contributed by atoms with Gasteiger partial charge in [0, 0.05) is 18.5 Å². The second kappa shape index (κ2) is 6.68. The molecule has 24 heavy (non-hydrogen) atoms. The van der Waals surface area contributed by atoms with Crippen LogP contribution in [0.2, 0.25) is 0 Å². The van der Waals surface area contributed by atoms with E-state index in [9.17, 15) is 13.5 Å². The lowest BCUT2D eigenvalue weighted by Crippen LogP contribution is -2.31. The van der Waals surface area contributed by atoms with Crippen molar-refractivity contribution >= 4 is 10.0 Å². The molecule has 1 N–H and O–H groups in total. The normalized spacial score (nSPS) is 15.4. The molecule has 124 valence electrons. The Hall–Kier alpha value is -2.29. The summed E-state index contributed by atoms with van der Waals surface area (Å²) in [5.41, 5.74) is 2.59. The predicted octanol–water partition coefficient (Wildman–Crippen LogP) is 2.84. The van der Waals surface area contributed by atoms with Gasteiger partial charge >= 0.3 is 0 Å². The van der Waals surface area contributed by atoms with Crippen molar-refractivity contribution in [2.75, 3.05) is 6.54 Å². The monoisotopic (exact) mass is 341 g/mol. The van der Waals surface area contributed by atoms with Gasteiger partial charge in [0.15, 0.2) is 0 Å². The van der Waals surface area contributed by atoms with Crippen LogP contribution < -0.4 is 0 Å². The molecule has 0 fully saturated rings. The Kier molecular flexibility index (Phi) is 4.61. The van der Waals surface area contributed by atoms with Crippen LogP contribution in [0.25, 0.3) is 0 Å². The summed E-state index contributed by atoms with van der Waals surface area (Å²) in [6, 6.07) is 12.1. The van der Waals surface area contributed by atoms with E-state index in [4.69, 9.17) is 0 Å². The summed E-state index contributed by atoms with van der Waals surface area (Å²) in [4.78, 5) is 0.242. The zero-order valence-electron chi connectivity index (χ0n) is 13.5. The van der Waals surface area contributed by atoms with E-state index >= 15 is 0 Å². The van der Waals surface area contributed by atoms with E-state index in [1.54, 1.807) is 36.4 Å². The Labute approximate surface area is 142 Å². The van der Waals surface area contributed by atoms with Crippen molar-refractivity contribution in [3.05, 3.63) is 59.2 Å². The molecule has 1 aliphatic rings. The van der Waals surface area contributed by atoms with Gasteiger partial charge in [-0.15, -0.1) is 5.92 Å². The molecular weight excluding hydrogens is 322 g/mol. The first-order chi connectivity index (χ1) is 11.5. The van der Waals surface area contributed by atoms with E-state index in [-0.39, 0.29) is 23.7 Å². The number of aryl methyl sites for hydroxylation is 2. The summed E-state index contributed by atoms with van der Waals surface area (Å²) >= 11 is 0. The molecule has 1 aliphatic heterocycles. The molecule has 0 aromatic heterocycles. The molecule has 1 heterocycles. The molecule has 0 unspecified atom stereocenters. The topological polar surface area (TPSA) is 57.6 Å². The molecule has 0 aliphatic carbocycles. The number of nitrogens with zero attached hydrogens (tertiary/aromatic N) is 1. The van der Waals surface area contributed by atoms with Crippen LogP contribution in [0.3, 0.4) is 0 Å². The number of rotatable bonds is 2. The van der Waals surface area contributed by atoms with Gasteiger partial charge in [-0.25, -0.2) is 8.42 Å². The van der Waals surface area contributed by atoms with Crippen molar-refractivity contribution < 1.29 is 13.5 Å². The quantitative estimate of drug-likeness (QED) is 0.855. The first-order valence-electron chi connectivity index (χ1n) is 7.81. The Morgan fingerprint density at radius 2 is 1.83 bits per heavy atom. The van der Waals surface area contributed by atoms with Crippen molar-refractivity contribution in [1.29, 1.82) is 0 Å². The molecule has 0 amide bonds. The third-order valence-corrected chi connectivity index (χ3v) is 5.95. The number of sulfonamides is 1. The van der Waals surface area contributed by atoms with Gasteiger partial charge in [0.2, 0.25) is 10.0 Å². The van der Waals surface area contributed by atoms with Crippen LogP contribution in [0.15, 0.2) is 47.4 Å². The zero-order chi connectivity index (χ0) is 17.2. The highest BCUT2D eigenvalue weighted by atomic mass is 32.2. The van der Waals surface area contributed by atoms with Crippen molar-refractivity contribution in [2.24, 2.45) is 0 Å². The van der Waals surface area contributed by atoms with E-state index in [0.29, 0.717) is 18.4 Å². The van der Waals surface area contributed by atoms with E-state index in [2.05, 4.69) is 11.8 Å². The molecule has 2 aromatic carbocycles. The number of aromatic hydroxyl groups is 1. The van der Waals surface area contributed by atoms with Gasteiger partial charge in [-0.05, 0) is 37.1 Å². The highest BCUT2D eigenvalue weighted by Gasteiger charge is 2.26. The van der Waals surface area contributed by atoms with E-state index < -0.39 is 10.0 Å². The van der Waals surface area contributed by atoms with Crippen molar-refractivity contribution in [3.63, 3.8) is 0 Å². The minimum absolute atomic E-state index is 0.115. The van der Waals surface area contributed by atoms with Crippen molar-refractivity contribution in [2.45, 2.75) is 31.2 Å². The standard InChI is InChI=1S/C19H19NO3S/c1-15-9-11-17(12-10-15)24(22,23)20-13-4-2-3-6-16-7-5-8-19(21)18(16)14-20/h5,7-12,21H,3,6,13-14H2,1H3. The van der Waals surface area contributed by atoms with Gasteiger partial charge in [-0.1, -0.05) is 35.7 Å². The van der Waals surface area contributed by atoms with E-state index in [0.717, 1.165) is 11.1 Å². The first-order valence-corrected chi connectivity index (χ1v) is 9.25. The Balaban J connectivity index is 2.03. The second-order valence-electron chi connectivity index (χ2n) is 5.85. The number of hydrogen-bond acceptors (Lipinski definition) is 3. The third-order valence-electron chi connectivity index (χ3n) is 4.14. The lowest BCUT2D eigenvalue weighted by molar-refractivity contribution is 0.419. The molecule has 0 saturated heterocycles. The Bertz CT molecular complexity index is 906. The third kappa shape index (κ3) is 3.30. The summed E-state index contributed by atoms with van der Waals surface area (Å²) in [5, 5.41) is 10.2. The zero-order valence-corrected chi connectivity index (χ0v) is 14.3. The minimum Gasteiger partial charge on any atom is -0.508 e. The first kappa shape index (κ1) is 16.6. The Morgan fingerprint density at radius 1 is 1.08 bits per heavy atom. The molecule has 0 atom stereocenters. The van der Waals surface area contributed by atoms with Crippen molar-refractivity contribution in [1.82, 2.24) is 4.31 Å². The number of fused-ring (bicyclic) bond motifs is 1. The highest BCUT2D eigenvalue weighted by Crippen LogP contribution is 2.27. The molecule has 0 bridgehead atoms. The molecular formula is C19H19NO3S. The van der Waals surface area contributed by atoms with Crippen LogP contribution in [0, 0.1) is 18.8 Å². The van der Waals surface area contributed by atoms with Gasteiger partial charge < -0.3 is 5.11 Å². The van der Waals surface area contributed by atoms with Gasteiger partial charge in [-0.2, -0.15) is 4.31 Å². The van der Waals surface area contributed by atoms with Crippen LogP contribution >= 0.6 is 0 Å². The van der Waals surface area contributed by atoms with Crippen LogP contribution in [0.1, 0.15) is 23.1 Å². The number of hydrogen-bond donors (Lipinski definition) is 1. The molecule has 0 saturated carbocycles. The number of benzene rings is 2. The number of phenols is 1. The summed E-state index contributed by atoms with van der Waals surface area (Å²) in [6.45, 7) is 2.15. The molecule has 4 nitrogen and oxygen atoms in total. The molecule has 2 aromatic rings. The highest BCUT2D eigenvalue weighted by molar-refractivity contribution is 7.89. The summed E-state index contributed by atoms with van der Waals surface area (Å²) in [5.74, 6) is 6.07. The van der Waals surface area contributed by atoms with Crippen LogP contribution in [-0.4, -0.2) is 24.4 Å². The predicted molar refractivity (Wildman–Crippen MR) is 93.0 cm³/mol. The lowest BCUT2D eigenvalue weighted by atomic mass is 10.0. The molecule has 3 rings (SSSR count). The fourth-order valence-corrected chi connectivity index (χ4v) is 4.04. The van der Waals surface area contributed by atoms with Crippen LogP contribution in [0.5, 0.6) is 5.75 Å². The van der Waals surface area contributed by atoms with Crippen LogP contribution in [0.4, 0.5) is 0 Å². The van der Waals surface area contributed by atoms with Gasteiger partial charge in [-0.3, -0.25) is 0 Å². The Morgan fingerprint density at radius 3 is 2.58 bits per heavy atom. The maximum Gasteiger partial charge on any atom is 0.244 e. The largest absolute Gasteiger partial charge is 0.508 e. The summed E-state index contributed by atoms with van der Waals surface area (Å²) in [7, 11) is -3.67. The van der Waals surface area contributed by atoms with Gasteiger partial charge in [0.05, 0.1) is 11.4 Å². The smallest absolute Gasteiger partial charge is 0.244 e. The molecule has 5 heteroatoms. The molecule has 0 radical (unpaired) electrons. The van der Waals surface area contributed by atoms with Gasteiger partial charge in [0.1, 0.15) is 5.75 Å². The van der Waals surface area contributed by atoms with E-state index in [1.165, 1.54) is 4.31 Å². The van der Waals surface area contributed by atoms with E-state index in [1.807, 2.05) is 13.0 Å². The summed E-state index contributed by atoms with van der Waals surface area (Å²) < 4.78 is 27.3. The molecule has 0 spiro atoms. The average molecular weight is 341 g/mol. The average Bonchev–Trinajstić information content (AvgIpc) is 2.66. The fraction of sp³-hybridized carbons (Fsp3) is 0.263. The SMILES string of the molecule is Cc1ccc(S(=O)(=O)N2CC#CCCc3cccc(O)c3C2)cc1. The van der Waals surface area contributed by atoms with Gasteiger partial charge in [0.25, 0.3) is 0 Å². The minimum atomic E-state index is -3.67. The maximum atomic E-state index is 13.0. The van der Waals surface area contributed by atoms with Crippen LogP contribution in [-0.2, 0) is 23.0 Å².